The van der Waals surface area contributed by atoms with Crippen molar-refractivity contribution in [2.24, 2.45) is 0 Å². The number of benzene rings is 2. The Morgan fingerprint density at radius 2 is 1.45 bits per heavy atom. The van der Waals surface area contributed by atoms with Crippen molar-refractivity contribution in [1.29, 1.82) is 0 Å². The molecule has 20 heavy (non-hydrogen) atoms. The van der Waals surface area contributed by atoms with Crippen LogP contribution >= 0.6 is 11.6 Å². The van der Waals surface area contributed by atoms with E-state index in [9.17, 15) is 18.4 Å². The second kappa shape index (κ2) is 4.49. The van der Waals surface area contributed by atoms with Crippen molar-refractivity contribution in [1.82, 2.24) is 0 Å². The van der Waals surface area contributed by atoms with Gasteiger partial charge in [0.2, 0.25) is 0 Å². The highest BCUT2D eigenvalue weighted by Gasteiger charge is 2.42. The monoisotopic (exact) mass is 292 g/mol. The van der Waals surface area contributed by atoms with Gasteiger partial charge in [-0.25, -0.2) is 8.78 Å². The van der Waals surface area contributed by atoms with Crippen LogP contribution in [0.25, 0.3) is 0 Å². The average Bonchev–Trinajstić information content (AvgIpc) is 2.69. The minimum atomic E-state index is -1.49. The minimum Gasteiger partial charge on any atom is -0.293 e. The van der Waals surface area contributed by atoms with Gasteiger partial charge in [0, 0.05) is 16.7 Å². The van der Waals surface area contributed by atoms with Crippen molar-refractivity contribution in [2.75, 3.05) is 0 Å². The molecule has 0 unspecified atom stereocenters. The quantitative estimate of drug-likeness (QED) is 0.592. The molecule has 2 aromatic carbocycles. The average molecular weight is 293 g/mol. The summed E-state index contributed by atoms with van der Waals surface area (Å²) >= 11 is 5.61. The largest absolute Gasteiger partial charge is 0.293 e. The Balaban J connectivity index is 2.22. The summed E-state index contributed by atoms with van der Waals surface area (Å²) in [6.07, 6.45) is 0. The molecule has 0 saturated heterocycles. The third-order valence-corrected chi connectivity index (χ3v) is 3.64. The first-order valence-corrected chi connectivity index (χ1v) is 6.21. The van der Waals surface area contributed by atoms with E-state index < -0.39 is 34.7 Å². The van der Waals surface area contributed by atoms with Crippen LogP contribution in [0.15, 0.2) is 36.4 Å². The normalized spacial score (nSPS) is 14.8. The van der Waals surface area contributed by atoms with Crippen LogP contribution in [0.2, 0.25) is 5.02 Å². The molecule has 3 rings (SSSR count). The molecule has 0 aromatic heterocycles. The van der Waals surface area contributed by atoms with Gasteiger partial charge < -0.3 is 0 Å². The molecule has 0 aliphatic heterocycles. The second-order valence-corrected chi connectivity index (χ2v) is 4.87. The van der Waals surface area contributed by atoms with Crippen LogP contribution in [-0.2, 0) is 0 Å². The standard InChI is InChI=1S/C15H7ClF2O2/c16-9-5-6-10(17)11(13(9)18)12-14(19)7-3-1-2-4-8(7)15(12)20/h1-6,12H. The molecule has 0 atom stereocenters. The summed E-state index contributed by atoms with van der Waals surface area (Å²) in [5, 5.41) is -0.321. The van der Waals surface area contributed by atoms with Crippen LogP contribution < -0.4 is 0 Å². The molecular weight excluding hydrogens is 286 g/mol. The van der Waals surface area contributed by atoms with Crippen molar-refractivity contribution in [3.05, 3.63) is 69.7 Å². The molecule has 1 aliphatic rings. The highest BCUT2D eigenvalue weighted by Crippen LogP contribution is 2.37. The summed E-state index contributed by atoms with van der Waals surface area (Å²) in [7, 11) is 0. The van der Waals surface area contributed by atoms with Crippen LogP contribution in [0.1, 0.15) is 32.2 Å². The Morgan fingerprint density at radius 3 is 2.00 bits per heavy atom. The lowest BCUT2D eigenvalue weighted by molar-refractivity contribution is 0.0885. The van der Waals surface area contributed by atoms with Gasteiger partial charge in [-0.05, 0) is 12.1 Å². The van der Waals surface area contributed by atoms with Gasteiger partial charge in [-0.1, -0.05) is 35.9 Å². The Kier molecular flexibility index (Phi) is 2.91. The van der Waals surface area contributed by atoms with Gasteiger partial charge in [-0.2, -0.15) is 0 Å². The molecule has 0 fully saturated rings. The van der Waals surface area contributed by atoms with Gasteiger partial charge in [0.1, 0.15) is 17.6 Å². The first-order chi connectivity index (χ1) is 9.52. The molecule has 0 N–H and O–H groups in total. The maximum atomic E-state index is 14.0. The summed E-state index contributed by atoms with van der Waals surface area (Å²) < 4.78 is 27.9. The fourth-order valence-corrected chi connectivity index (χ4v) is 2.58. The van der Waals surface area contributed by atoms with Crippen molar-refractivity contribution < 1.29 is 18.4 Å². The zero-order valence-electron chi connectivity index (χ0n) is 9.99. The van der Waals surface area contributed by atoms with Gasteiger partial charge in [0.25, 0.3) is 0 Å². The van der Waals surface area contributed by atoms with Crippen LogP contribution in [0.5, 0.6) is 0 Å². The number of hydrogen-bond donors (Lipinski definition) is 0. The Bertz CT molecular complexity index is 721. The molecule has 2 aromatic rings. The third kappa shape index (κ3) is 1.68. The first kappa shape index (κ1) is 12.9. The lowest BCUT2D eigenvalue weighted by Gasteiger charge is -2.10. The molecule has 1 aliphatic carbocycles. The number of fused-ring (bicyclic) bond motifs is 1. The Morgan fingerprint density at radius 1 is 0.900 bits per heavy atom. The lowest BCUT2D eigenvalue weighted by Crippen LogP contribution is -2.16. The predicted molar refractivity (Wildman–Crippen MR) is 69.2 cm³/mol. The minimum absolute atomic E-state index is 0.182. The summed E-state index contributed by atoms with van der Waals surface area (Å²) in [6.45, 7) is 0. The summed E-state index contributed by atoms with van der Waals surface area (Å²) in [5.41, 5.74) is -0.216. The Hall–Kier alpha value is -2.07. The van der Waals surface area contributed by atoms with Crippen LogP contribution in [0, 0.1) is 11.6 Å². The van der Waals surface area contributed by atoms with E-state index in [1.165, 1.54) is 12.1 Å². The molecule has 2 nitrogen and oxygen atoms in total. The topological polar surface area (TPSA) is 34.1 Å². The van der Waals surface area contributed by atoms with Crippen molar-refractivity contribution >= 4 is 23.2 Å². The molecular formula is C15H7ClF2O2. The molecule has 0 heterocycles. The summed E-state index contributed by atoms with van der Waals surface area (Å²) in [4.78, 5) is 24.5. The van der Waals surface area contributed by atoms with Crippen molar-refractivity contribution in [3.63, 3.8) is 0 Å². The molecule has 5 heteroatoms. The van der Waals surface area contributed by atoms with E-state index in [1.807, 2.05) is 0 Å². The van der Waals surface area contributed by atoms with Crippen LogP contribution in [0.3, 0.4) is 0 Å². The number of Topliss-reactive ketones (excluding diaryl/α,β-unsaturated/α-hetero) is 2. The van der Waals surface area contributed by atoms with Gasteiger partial charge >= 0.3 is 0 Å². The molecule has 0 saturated carbocycles. The number of rotatable bonds is 1. The third-order valence-electron chi connectivity index (χ3n) is 3.35. The maximum Gasteiger partial charge on any atom is 0.179 e. The lowest BCUT2D eigenvalue weighted by atomic mass is 9.93. The maximum absolute atomic E-state index is 14.0. The summed E-state index contributed by atoms with van der Waals surface area (Å²) in [6, 6.07) is 8.12. The van der Waals surface area contributed by atoms with Gasteiger partial charge in [0.15, 0.2) is 11.6 Å². The van der Waals surface area contributed by atoms with Gasteiger partial charge in [-0.3, -0.25) is 9.59 Å². The van der Waals surface area contributed by atoms with Crippen LogP contribution in [-0.4, -0.2) is 11.6 Å². The van der Waals surface area contributed by atoms with Crippen molar-refractivity contribution in [3.8, 4) is 0 Å². The molecule has 0 bridgehead atoms. The highest BCUT2D eigenvalue weighted by atomic mass is 35.5. The first-order valence-electron chi connectivity index (χ1n) is 5.83. The fourth-order valence-electron chi connectivity index (χ4n) is 2.41. The van der Waals surface area contributed by atoms with Crippen LogP contribution in [0.4, 0.5) is 8.78 Å². The molecule has 0 spiro atoms. The SMILES string of the molecule is O=C1c2ccccc2C(=O)C1c1c(F)ccc(Cl)c1F. The zero-order valence-corrected chi connectivity index (χ0v) is 10.7. The summed E-state index contributed by atoms with van der Waals surface area (Å²) in [5.74, 6) is -4.72. The highest BCUT2D eigenvalue weighted by molar-refractivity contribution is 6.32. The molecule has 100 valence electrons. The predicted octanol–water partition coefficient (Wildman–Crippen LogP) is 3.78. The van der Waals surface area contributed by atoms with E-state index >= 15 is 0 Å². The van der Waals surface area contributed by atoms with Gasteiger partial charge in [0.05, 0.1) is 5.02 Å². The zero-order chi connectivity index (χ0) is 14.4. The van der Waals surface area contributed by atoms with E-state index in [1.54, 1.807) is 12.1 Å². The smallest absolute Gasteiger partial charge is 0.179 e. The second-order valence-electron chi connectivity index (χ2n) is 4.46. The number of carbonyl (C=O) groups is 2. The molecule has 0 radical (unpaired) electrons. The fraction of sp³-hybridized carbons (Fsp3) is 0.0667. The Labute approximate surface area is 118 Å². The number of ketones is 2. The van der Waals surface area contributed by atoms with E-state index in [2.05, 4.69) is 0 Å². The van der Waals surface area contributed by atoms with E-state index in [-0.39, 0.29) is 16.1 Å². The van der Waals surface area contributed by atoms with E-state index in [0.29, 0.717) is 0 Å². The number of hydrogen-bond acceptors (Lipinski definition) is 2. The number of carbonyl (C=O) groups excluding carboxylic acids is 2. The van der Waals surface area contributed by atoms with E-state index in [4.69, 9.17) is 11.6 Å². The molecule has 0 amide bonds. The van der Waals surface area contributed by atoms with Crippen molar-refractivity contribution in [2.45, 2.75) is 5.92 Å². The van der Waals surface area contributed by atoms with E-state index in [0.717, 1.165) is 12.1 Å². The van der Waals surface area contributed by atoms with Gasteiger partial charge in [-0.15, -0.1) is 0 Å². The number of halogens is 3.